The molecule has 1 aliphatic rings. The average Bonchev–Trinajstić information content (AvgIpc) is 3.20. The van der Waals surface area contributed by atoms with Crippen LogP contribution in [0, 0.1) is 13.8 Å². The van der Waals surface area contributed by atoms with Crippen molar-refractivity contribution in [3.8, 4) is 5.75 Å². The van der Waals surface area contributed by atoms with Crippen LogP contribution in [-0.2, 0) is 6.54 Å². The van der Waals surface area contributed by atoms with Gasteiger partial charge in [-0.25, -0.2) is 0 Å². The third-order valence-electron chi connectivity index (χ3n) is 5.24. The van der Waals surface area contributed by atoms with Crippen molar-refractivity contribution in [3.05, 3.63) is 64.7 Å². The first-order valence-electron chi connectivity index (χ1n) is 9.88. The first kappa shape index (κ1) is 19.4. The Labute approximate surface area is 162 Å². The molecule has 27 heavy (non-hydrogen) atoms. The van der Waals surface area contributed by atoms with Crippen LogP contribution in [0.15, 0.2) is 42.5 Å². The lowest BCUT2D eigenvalue weighted by Gasteiger charge is -2.30. The van der Waals surface area contributed by atoms with Crippen molar-refractivity contribution in [2.75, 3.05) is 13.2 Å². The highest BCUT2D eigenvalue weighted by atomic mass is 16.5. The molecule has 2 aromatic carbocycles. The Morgan fingerprint density at radius 1 is 1.07 bits per heavy atom. The van der Waals surface area contributed by atoms with Crippen molar-refractivity contribution in [1.29, 1.82) is 0 Å². The van der Waals surface area contributed by atoms with Gasteiger partial charge in [-0.3, -0.25) is 4.79 Å². The maximum Gasteiger partial charge on any atom is 0.258 e. The first-order chi connectivity index (χ1) is 13.1. The van der Waals surface area contributed by atoms with Crippen molar-refractivity contribution in [2.24, 2.45) is 5.73 Å². The molecular formula is C23H30N2O2. The molecule has 2 aromatic rings. The normalized spacial score (nSPS) is 14.3. The molecule has 0 atom stereocenters. The lowest BCUT2D eigenvalue weighted by Crippen LogP contribution is -2.38. The number of carbonyl (C=O) groups excluding carboxylic acids is 1. The molecule has 144 valence electrons. The van der Waals surface area contributed by atoms with E-state index < -0.39 is 0 Å². The van der Waals surface area contributed by atoms with Gasteiger partial charge in [0.2, 0.25) is 0 Å². The van der Waals surface area contributed by atoms with Crippen LogP contribution in [0.3, 0.4) is 0 Å². The summed E-state index contributed by atoms with van der Waals surface area (Å²) in [6.07, 6.45) is 4.52. The van der Waals surface area contributed by atoms with Gasteiger partial charge in [0.15, 0.2) is 0 Å². The average molecular weight is 367 g/mol. The van der Waals surface area contributed by atoms with E-state index in [0.717, 1.165) is 24.0 Å². The Kier molecular flexibility index (Phi) is 6.51. The van der Waals surface area contributed by atoms with E-state index in [-0.39, 0.29) is 5.91 Å². The van der Waals surface area contributed by atoms with E-state index in [1.807, 2.05) is 30.0 Å². The zero-order valence-corrected chi connectivity index (χ0v) is 16.4. The van der Waals surface area contributed by atoms with Gasteiger partial charge in [-0.2, -0.15) is 0 Å². The number of amides is 1. The molecule has 0 unspecified atom stereocenters. The highest BCUT2D eigenvalue weighted by Crippen LogP contribution is 2.29. The smallest absolute Gasteiger partial charge is 0.258 e. The van der Waals surface area contributed by atoms with Crippen molar-refractivity contribution in [2.45, 2.75) is 52.1 Å². The lowest BCUT2D eigenvalue weighted by atomic mass is 10.1. The monoisotopic (exact) mass is 366 g/mol. The maximum absolute atomic E-state index is 13.6. The number of benzene rings is 2. The molecule has 0 heterocycles. The van der Waals surface area contributed by atoms with Gasteiger partial charge in [-0.1, -0.05) is 54.3 Å². The van der Waals surface area contributed by atoms with Gasteiger partial charge in [0.1, 0.15) is 12.4 Å². The Bertz CT molecular complexity index is 764. The van der Waals surface area contributed by atoms with Gasteiger partial charge in [-0.05, 0) is 44.4 Å². The predicted octanol–water partition coefficient (Wildman–Crippen LogP) is 4.23. The summed E-state index contributed by atoms with van der Waals surface area (Å²) in [6, 6.07) is 14.5. The molecule has 3 rings (SSSR count). The fraction of sp³-hybridized carbons (Fsp3) is 0.435. The Hall–Kier alpha value is -2.33. The topological polar surface area (TPSA) is 55.6 Å². The third-order valence-corrected chi connectivity index (χ3v) is 5.24. The van der Waals surface area contributed by atoms with Gasteiger partial charge >= 0.3 is 0 Å². The van der Waals surface area contributed by atoms with Gasteiger partial charge in [0.25, 0.3) is 5.91 Å². The maximum atomic E-state index is 13.6. The molecule has 1 fully saturated rings. The predicted molar refractivity (Wildman–Crippen MR) is 109 cm³/mol. The van der Waals surface area contributed by atoms with E-state index in [1.54, 1.807) is 0 Å². The summed E-state index contributed by atoms with van der Waals surface area (Å²) < 4.78 is 5.77. The highest BCUT2D eigenvalue weighted by molar-refractivity contribution is 5.97. The van der Waals surface area contributed by atoms with Crippen LogP contribution in [0.1, 0.15) is 52.7 Å². The fourth-order valence-corrected chi connectivity index (χ4v) is 3.73. The number of rotatable bonds is 7. The molecule has 1 saturated carbocycles. The first-order valence-corrected chi connectivity index (χ1v) is 9.88. The number of ether oxygens (including phenoxy) is 1. The second-order valence-corrected chi connectivity index (χ2v) is 7.49. The highest BCUT2D eigenvalue weighted by Gasteiger charge is 2.29. The molecule has 4 heteroatoms. The van der Waals surface area contributed by atoms with Gasteiger partial charge < -0.3 is 15.4 Å². The molecule has 2 N–H and O–H groups in total. The van der Waals surface area contributed by atoms with Crippen molar-refractivity contribution >= 4 is 5.91 Å². The molecule has 0 aliphatic heterocycles. The Morgan fingerprint density at radius 2 is 1.74 bits per heavy atom. The van der Waals surface area contributed by atoms with Crippen LogP contribution in [0.25, 0.3) is 0 Å². The number of nitrogens with two attached hydrogens (primary N) is 1. The fourth-order valence-electron chi connectivity index (χ4n) is 3.73. The van der Waals surface area contributed by atoms with Crippen LogP contribution < -0.4 is 10.5 Å². The minimum atomic E-state index is 0.0539. The zero-order valence-electron chi connectivity index (χ0n) is 16.4. The number of nitrogens with zero attached hydrogens (tertiary/aromatic N) is 1. The van der Waals surface area contributed by atoms with E-state index >= 15 is 0 Å². The molecule has 1 aliphatic carbocycles. The Morgan fingerprint density at radius 3 is 2.41 bits per heavy atom. The molecule has 0 aromatic heterocycles. The summed E-state index contributed by atoms with van der Waals surface area (Å²) in [5.74, 6) is 0.682. The molecule has 0 spiro atoms. The van der Waals surface area contributed by atoms with E-state index in [2.05, 4.69) is 31.2 Å². The molecule has 0 bridgehead atoms. The summed E-state index contributed by atoms with van der Waals surface area (Å²) in [5, 5.41) is 0. The number of aryl methyl sites for hydroxylation is 2. The van der Waals surface area contributed by atoms with Crippen LogP contribution >= 0.6 is 0 Å². The third kappa shape index (κ3) is 4.89. The number of hydrogen-bond acceptors (Lipinski definition) is 3. The van der Waals surface area contributed by atoms with Crippen LogP contribution in [0.4, 0.5) is 0 Å². The molecule has 0 saturated heterocycles. The van der Waals surface area contributed by atoms with E-state index in [9.17, 15) is 4.79 Å². The summed E-state index contributed by atoms with van der Waals surface area (Å²) >= 11 is 0. The summed E-state index contributed by atoms with van der Waals surface area (Å²) in [4.78, 5) is 15.6. The minimum Gasteiger partial charge on any atom is -0.491 e. The SMILES string of the molecule is Cc1ccc(CN(C(=O)c2cc(C)ccc2OCCN)C2CCCC2)cc1. The van der Waals surface area contributed by atoms with Crippen LogP contribution in [0.2, 0.25) is 0 Å². The van der Waals surface area contributed by atoms with E-state index in [0.29, 0.717) is 37.1 Å². The van der Waals surface area contributed by atoms with E-state index in [1.165, 1.54) is 18.4 Å². The molecular weight excluding hydrogens is 336 g/mol. The molecule has 4 nitrogen and oxygen atoms in total. The minimum absolute atomic E-state index is 0.0539. The van der Waals surface area contributed by atoms with Gasteiger partial charge in [0, 0.05) is 19.1 Å². The molecule has 1 amide bonds. The molecule has 0 radical (unpaired) electrons. The van der Waals surface area contributed by atoms with Gasteiger partial charge in [0.05, 0.1) is 5.56 Å². The number of carbonyl (C=O) groups is 1. The summed E-state index contributed by atoms with van der Waals surface area (Å²) in [5.41, 5.74) is 9.68. The Balaban J connectivity index is 1.90. The quantitative estimate of drug-likeness (QED) is 0.798. The summed E-state index contributed by atoms with van der Waals surface area (Å²) in [6.45, 7) is 5.55. The largest absolute Gasteiger partial charge is 0.491 e. The van der Waals surface area contributed by atoms with Crippen LogP contribution in [0.5, 0.6) is 5.75 Å². The van der Waals surface area contributed by atoms with Crippen molar-refractivity contribution in [3.63, 3.8) is 0 Å². The van der Waals surface area contributed by atoms with Crippen molar-refractivity contribution in [1.82, 2.24) is 4.90 Å². The van der Waals surface area contributed by atoms with Crippen LogP contribution in [-0.4, -0.2) is 30.0 Å². The number of hydrogen-bond donors (Lipinski definition) is 1. The lowest BCUT2D eigenvalue weighted by molar-refractivity contribution is 0.0660. The zero-order chi connectivity index (χ0) is 19.2. The standard InChI is InChI=1S/C23H30N2O2/c1-17-7-10-19(11-8-17)16-25(20-5-3-4-6-20)23(26)21-15-18(2)9-12-22(21)27-14-13-24/h7-12,15,20H,3-6,13-14,16,24H2,1-2H3. The van der Waals surface area contributed by atoms with Gasteiger partial charge in [-0.15, -0.1) is 0 Å². The van der Waals surface area contributed by atoms with E-state index in [4.69, 9.17) is 10.5 Å². The summed E-state index contributed by atoms with van der Waals surface area (Å²) in [7, 11) is 0. The van der Waals surface area contributed by atoms with Crippen molar-refractivity contribution < 1.29 is 9.53 Å². The second-order valence-electron chi connectivity index (χ2n) is 7.49. The second kappa shape index (κ2) is 9.05.